The molecule has 0 fully saturated rings. The van der Waals surface area contributed by atoms with Crippen molar-refractivity contribution in [2.75, 3.05) is 33.4 Å². The Kier molecular flexibility index (Phi) is 7.53. The molecule has 0 aliphatic heterocycles. The summed E-state index contributed by atoms with van der Waals surface area (Å²) in [6.07, 6.45) is 2.10. The summed E-state index contributed by atoms with van der Waals surface area (Å²) in [6.45, 7) is 8.12. The smallest absolute Gasteiger partial charge is 0.119 e. The summed E-state index contributed by atoms with van der Waals surface area (Å²) < 4.78 is 10.8. The lowest BCUT2D eigenvalue weighted by Gasteiger charge is -2.24. The van der Waals surface area contributed by atoms with E-state index in [1.165, 1.54) is 0 Å². The minimum atomic E-state index is 0.288. The molecule has 19 heavy (non-hydrogen) atoms. The molecular formula is C16H27NO2. The molecule has 0 saturated heterocycles. The Hall–Kier alpha value is -1.06. The molecule has 1 aromatic carbocycles. The minimum absolute atomic E-state index is 0.288. The number of hydrogen-bond donors (Lipinski definition) is 1. The van der Waals surface area contributed by atoms with E-state index in [-0.39, 0.29) is 5.41 Å². The van der Waals surface area contributed by atoms with Gasteiger partial charge in [0.15, 0.2) is 0 Å². The van der Waals surface area contributed by atoms with E-state index in [4.69, 9.17) is 9.47 Å². The van der Waals surface area contributed by atoms with Gasteiger partial charge in [-0.25, -0.2) is 0 Å². The van der Waals surface area contributed by atoms with Crippen molar-refractivity contribution < 1.29 is 9.47 Å². The van der Waals surface area contributed by atoms with Crippen LogP contribution < -0.4 is 10.1 Å². The lowest BCUT2D eigenvalue weighted by molar-refractivity contribution is 0.150. The fraction of sp³-hybridized carbons (Fsp3) is 0.625. The van der Waals surface area contributed by atoms with E-state index in [9.17, 15) is 0 Å². The van der Waals surface area contributed by atoms with Crippen molar-refractivity contribution >= 4 is 0 Å². The van der Waals surface area contributed by atoms with Gasteiger partial charge in [0.1, 0.15) is 5.75 Å². The maximum absolute atomic E-state index is 5.64. The Balaban J connectivity index is 2.02. The number of benzene rings is 1. The summed E-state index contributed by atoms with van der Waals surface area (Å²) in [7, 11) is 1.75. The second kappa shape index (κ2) is 8.94. The number of para-hydroxylation sites is 1. The van der Waals surface area contributed by atoms with Crippen LogP contribution in [0.15, 0.2) is 30.3 Å². The van der Waals surface area contributed by atoms with Crippen LogP contribution in [0.5, 0.6) is 5.75 Å². The zero-order valence-corrected chi connectivity index (χ0v) is 12.4. The molecule has 0 heterocycles. The standard InChI is InChI=1S/C16H27NO2/c1-16(2,10-13-18-3)14-17-11-7-12-19-15-8-5-4-6-9-15/h4-6,8-9,17H,7,10-14H2,1-3H3. The first-order valence-electron chi connectivity index (χ1n) is 7.01. The quantitative estimate of drug-likeness (QED) is 0.659. The molecule has 1 aromatic rings. The van der Waals surface area contributed by atoms with E-state index in [0.717, 1.165) is 44.9 Å². The molecule has 0 aromatic heterocycles. The Morgan fingerprint density at radius 2 is 1.84 bits per heavy atom. The van der Waals surface area contributed by atoms with Crippen molar-refractivity contribution in [2.45, 2.75) is 26.7 Å². The molecule has 0 spiro atoms. The maximum atomic E-state index is 5.64. The van der Waals surface area contributed by atoms with Crippen molar-refractivity contribution in [3.8, 4) is 5.75 Å². The molecular weight excluding hydrogens is 238 g/mol. The average Bonchev–Trinajstić information content (AvgIpc) is 2.42. The Morgan fingerprint density at radius 1 is 1.11 bits per heavy atom. The predicted molar refractivity (Wildman–Crippen MR) is 79.7 cm³/mol. The predicted octanol–water partition coefficient (Wildman–Crippen LogP) is 3.11. The van der Waals surface area contributed by atoms with Crippen LogP contribution in [-0.2, 0) is 4.74 Å². The Morgan fingerprint density at radius 3 is 2.53 bits per heavy atom. The highest BCUT2D eigenvalue weighted by Gasteiger charge is 2.16. The van der Waals surface area contributed by atoms with E-state index in [1.54, 1.807) is 7.11 Å². The Bertz CT molecular complexity index is 325. The zero-order valence-electron chi connectivity index (χ0n) is 12.4. The third kappa shape index (κ3) is 7.85. The zero-order chi connectivity index (χ0) is 14.0. The number of nitrogens with one attached hydrogen (secondary N) is 1. The normalized spacial score (nSPS) is 11.5. The first-order valence-corrected chi connectivity index (χ1v) is 7.01. The molecule has 0 radical (unpaired) electrons. The molecule has 3 nitrogen and oxygen atoms in total. The lowest BCUT2D eigenvalue weighted by Crippen LogP contribution is -2.31. The first-order chi connectivity index (χ1) is 9.14. The van der Waals surface area contributed by atoms with E-state index < -0.39 is 0 Å². The van der Waals surface area contributed by atoms with Crippen LogP contribution >= 0.6 is 0 Å². The van der Waals surface area contributed by atoms with Gasteiger partial charge in [0, 0.05) is 20.3 Å². The lowest BCUT2D eigenvalue weighted by atomic mass is 9.90. The van der Waals surface area contributed by atoms with E-state index in [0.29, 0.717) is 0 Å². The summed E-state index contributed by atoms with van der Waals surface area (Å²) in [6, 6.07) is 9.96. The molecule has 0 saturated carbocycles. The van der Waals surface area contributed by atoms with Crippen molar-refractivity contribution in [2.24, 2.45) is 5.41 Å². The third-order valence-corrected chi connectivity index (χ3v) is 3.10. The van der Waals surface area contributed by atoms with Gasteiger partial charge in [0.05, 0.1) is 6.61 Å². The molecule has 0 aliphatic rings. The molecule has 0 amide bonds. The van der Waals surface area contributed by atoms with Gasteiger partial charge in [-0.1, -0.05) is 32.0 Å². The molecule has 1 rings (SSSR count). The van der Waals surface area contributed by atoms with E-state index in [2.05, 4.69) is 19.2 Å². The second-order valence-corrected chi connectivity index (χ2v) is 5.60. The SMILES string of the molecule is COCCC(C)(C)CNCCCOc1ccccc1. The highest BCUT2D eigenvalue weighted by Crippen LogP contribution is 2.18. The highest BCUT2D eigenvalue weighted by atomic mass is 16.5. The molecule has 0 unspecified atom stereocenters. The third-order valence-electron chi connectivity index (χ3n) is 3.10. The van der Waals surface area contributed by atoms with Crippen LogP contribution in [0.25, 0.3) is 0 Å². The van der Waals surface area contributed by atoms with Crippen molar-refractivity contribution in [3.63, 3.8) is 0 Å². The molecule has 108 valence electrons. The van der Waals surface area contributed by atoms with Crippen LogP contribution in [0.2, 0.25) is 0 Å². The van der Waals surface area contributed by atoms with Gasteiger partial charge in [-0.05, 0) is 36.9 Å². The largest absolute Gasteiger partial charge is 0.494 e. The molecule has 0 bridgehead atoms. The molecule has 0 aliphatic carbocycles. The van der Waals surface area contributed by atoms with Gasteiger partial charge in [-0.2, -0.15) is 0 Å². The monoisotopic (exact) mass is 265 g/mol. The van der Waals surface area contributed by atoms with E-state index >= 15 is 0 Å². The van der Waals surface area contributed by atoms with Gasteiger partial charge in [0.25, 0.3) is 0 Å². The first kappa shape index (κ1) is 16.0. The van der Waals surface area contributed by atoms with Gasteiger partial charge in [-0.3, -0.25) is 0 Å². The summed E-state index contributed by atoms with van der Waals surface area (Å²) in [5.74, 6) is 0.947. The van der Waals surface area contributed by atoms with Crippen LogP contribution in [0, 0.1) is 5.41 Å². The van der Waals surface area contributed by atoms with Crippen molar-refractivity contribution in [1.29, 1.82) is 0 Å². The maximum Gasteiger partial charge on any atom is 0.119 e. The van der Waals surface area contributed by atoms with Crippen LogP contribution in [-0.4, -0.2) is 33.4 Å². The van der Waals surface area contributed by atoms with E-state index in [1.807, 2.05) is 30.3 Å². The fourth-order valence-electron chi connectivity index (χ4n) is 1.80. The highest BCUT2D eigenvalue weighted by molar-refractivity contribution is 5.20. The second-order valence-electron chi connectivity index (χ2n) is 5.60. The Labute approximate surface area is 117 Å². The summed E-state index contributed by atoms with van der Waals surface area (Å²) in [5, 5.41) is 3.49. The van der Waals surface area contributed by atoms with Crippen molar-refractivity contribution in [1.82, 2.24) is 5.32 Å². The van der Waals surface area contributed by atoms with Crippen LogP contribution in [0.1, 0.15) is 26.7 Å². The number of ether oxygens (including phenoxy) is 2. The summed E-state index contributed by atoms with van der Waals surface area (Å²) in [5.41, 5.74) is 0.288. The number of rotatable bonds is 10. The summed E-state index contributed by atoms with van der Waals surface area (Å²) >= 11 is 0. The fourth-order valence-corrected chi connectivity index (χ4v) is 1.80. The van der Waals surface area contributed by atoms with Gasteiger partial charge >= 0.3 is 0 Å². The van der Waals surface area contributed by atoms with Crippen molar-refractivity contribution in [3.05, 3.63) is 30.3 Å². The molecule has 3 heteroatoms. The van der Waals surface area contributed by atoms with Gasteiger partial charge in [-0.15, -0.1) is 0 Å². The number of hydrogen-bond acceptors (Lipinski definition) is 3. The minimum Gasteiger partial charge on any atom is -0.494 e. The van der Waals surface area contributed by atoms with Gasteiger partial charge < -0.3 is 14.8 Å². The molecule has 0 atom stereocenters. The summed E-state index contributed by atoms with van der Waals surface area (Å²) in [4.78, 5) is 0. The topological polar surface area (TPSA) is 30.5 Å². The van der Waals surface area contributed by atoms with Crippen LogP contribution in [0.4, 0.5) is 0 Å². The van der Waals surface area contributed by atoms with Gasteiger partial charge in [0.2, 0.25) is 0 Å². The number of methoxy groups -OCH3 is 1. The average molecular weight is 265 g/mol. The van der Waals surface area contributed by atoms with Crippen LogP contribution in [0.3, 0.4) is 0 Å². The molecule has 1 N–H and O–H groups in total.